The molecule has 1 saturated heterocycles. The first-order chi connectivity index (χ1) is 17.5. The number of rotatable bonds is 5. The predicted octanol–water partition coefficient (Wildman–Crippen LogP) is 5.36. The van der Waals surface area contributed by atoms with E-state index in [1.54, 1.807) is 12.3 Å². The number of aliphatic carboxylic acids is 1. The molecule has 1 aliphatic carbocycles. The van der Waals surface area contributed by atoms with Crippen molar-refractivity contribution in [3.8, 4) is 21.0 Å². The van der Waals surface area contributed by atoms with Gasteiger partial charge in [0.2, 0.25) is 5.92 Å². The summed E-state index contributed by atoms with van der Waals surface area (Å²) >= 11 is 7.40. The first-order valence-corrected chi connectivity index (χ1v) is 14.8. The third-order valence-corrected chi connectivity index (χ3v) is 9.92. The van der Waals surface area contributed by atoms with Gasteiger partial charge in [-0.1, -0.05) is 23.7 Å². The molecular weight excluding hydrogens is 544 g/mol. The molecule has 196 valence electrons. The van der Waals surface area contributed by atoms with Gasteiger partial charge < -0.3 is 10.0 Å². The van der Waals surface area contributed by atoms with Crippen molar-refractivity contribution in [1.29, 1.82) is 0 Å². The average molecular weight is 568 g/mol. The first kappa shape index (κ1) is 26.0. The molecule has 0 amide bonds. The molecule has 2 aromatic heterocycles. The maximum absolute atomic E-state index is 14.5. The summed E-state index contributed by atoms with van der Waals surface area (Å²) in [7, 11) is -3.01. The van der Waals surface area contributed by atoms with E-state index in [2.05, 4.69) is 4.98 Å². The molecule has 3 heterocycles. The number of hydrogen-bond donors (Lipinski definition) is 1. The average Bonchev–Trinajstić information content (AvgIpc) is 3.29. The van der Waals surface area contributed by atoms with Gasteiger partial charge in [-0.15, -0.1) is 11.3 Å². The Hall–Kier alpha value is -2.63. The zero-order valence-corrected chi connectivity index (χ0v) is 22.0. The Morgan fingerprint density at radius 1 is 1.14 bits per heavy atom. The normalized spacial score (nSPS) is 23.1. The second kappa shape index (κ2) is 9.92. The lowest BCUT2D eigenvalue weighted by Gasteiger charge is -2.33. The van der Waals surface area contributed by atoms with Gasteiger partial charge in [0.1, 0.15) is 5.01 Å². The molecule has 12 heteroatoms. The van der Waals surface area contributed by atoms with Crippen LogP contribution in [0.3, 0.4) is 0 Å². The number of halogens is 3. The number of hydrogen-bond acceptors (Lipinski definition) is 7. The molecular formula is C25H24ClF2N3O4S2. The smallest absolute Gasteiger partial charge is 0.307 e. The summed E-state index contributed by atoms with van der Waals surface area (Å²) in [6, 6.07) is 9.08. The third kappa shape index (κ3) is 5.63. The van der Waals surface area contributed by atoms with E-state index in [9.17, 15) is 27.1 Å². The molecule has 1 aromatic carbocycles. The Labute approximate surface area is 222 Å². The highest BCUT2D eigenvalue weighted by molar-refractivity contribution is 7.91. The molecule has 0 spiro atoms. The molecule has 2 atom stereocenters. The molecule has 37 heavy (non-hydrogen) atoms. The minimum Gasteiger partial charge on any atom is -0.481 e. The van der Waals surface area contributed by atoms with E-state index in [-0.39, 0.29) is 17.9 Å². The lowest BCUT2D eigenvalue weighted by Crippen LogP contribution is -2.40. The van der Waals surface area contributed by atoms with Crippen molar-refractivity contribution < 1.29 is 27.1 Å². The summed E-state index contributed by atoms with van der Waals surface area (Å²) in [6.45, 7) is 0.799. The fourth-order valence-electron chi connectivity index (χ4n) is 4.95. The fourth-order valence-corrected chi connectivity index (χ4v) is 7.45. The highest BCUT2D eigenvalue weighted by Gasteiger charge is 2.46. The highest BCUT2D eigenvalue weighted by atomic mass is 35.5. The second-order valence-electron chi connectivity index (χ2n) is 9.46. The van der Waals surface area contributed by atoms with Crippen LogP contribution in [0.1, 0.15) is 30.9 Å². The van der Waals surface area contributed by atoms with Crippen LogP contribution in [-0.4, -0.2) is 60.0 Å². The van der Waals surface area contributed by atoms with E-state index >= 15 is 0 Å². The predicted molar refractivity (Wildman–Crippen MR) is 139 cm³/mol. The number of aromatic nitrogens is 2. The number of thiazole rings is 1. The van der Waals surface area contributed by atoms with Crippen LogP contribution in [0.25, 0.3) is 21.0 Å². The van der Waals surface area contributed by atoms with Gasteiger partial charge in [-0.2, -0.15) is 0 Å². The summed E-state index contributed by atoms with van der Waals surface area (Å²) in [5, 5.41) is 10.8. The van der Waals surface area contributed by atoms with Gasteiger partial charge in [0.05, 0.1) is 33.0 Å². The fraction of sp³-hybridized carbons (Fsp3) is 0.400. The van der Waals surface area contributed by atoms with Crippen molar-refractivity contribution in [2.24, 2.45) is 5.92 Å². The zero-order chi connectivity index (χ0) is 26.4. The Kier molecular flexibility index (Phi) is 6.97. The molecule has 1 N–H and O–H groups in total. The number of alkyl halides is 2. The maximum Gasteiger partial charge on any atom is 0.307 e. The number of anilines is 1. The van der Waals surface area contributed by atoms with Crippen molar-refractivity contribution in [3.05, 3.63) is 53.4 Å². The Bertz CT molecular complexity index is 1420. The van der Waals surface area contributed by atoms with Crippen molar-refractivity contribution in [3.63, 3.8) is 0 Å². The molecule has 0 bridgehead atoms. The zero-order valence-electron chi connectivity index (χ0n) is 19.6. The van der Waals surface area contributed by atoms with Crippen LogP contribution in [0.15, 0.2) is 42.7 Å². The molecule has 3 aromatic rings. The summed E-state index contributed by atoms with van der Waals surface area (Å²) in [4.78, 5) is 23.4. The number of nitrogens with zero attached hydrogens (tertiary/aromatic N) is 3. The van der Waals surface area contributed by atoms with E-state index < -0.39 is 46.4 Å². The number of carbonyl (C=O) groups is 1. The molecule has 0 radical (unpaired) electrons. The summed E-state index contributed by atoms with van der Waals surface area (Å²) in [6.07, 6.45) is 1.87. The van der Waals surface area contributed by atoms with E-state index in [4.69, 9.17) is 16.6 Å². The number of carboxylic acid groups (broad SMARTS) is 1. The Morgan fingerprint density at radius 2 is 1.84 bits per heavy atom. The van der Waals surface area contributed by atoms with Gasteiger partial charge >= 0.3 is 5.97 Å². The topological polar surface area (TPSA) is 100 Å². The van der Waals surface area contributed by atoms with Crippen LogP contribution in [0.4, 0.5) is 14.5 Å². The van der Waals surface area contributed by atoms with Gasteiger partial charge in [-0.3, -0.25) is 9.78 Å². The van der Waals surface area contributed by atoms with E-state index in [1.807, 2.05) is 29.2 Å². The van der Waals surface area contributed by atoms with Crippen LogP contribution in [0, 0.1) is 5.92 Å². The van der Waals surface area contributed by atoms with Crippen molar-refractivity contribution >= 4 is 44.4 Å². The van der Waals surface area contributed by atoms with Crippen LogP contribution < -0.4 is 4.90 Å². The van der Waals surface area contributed by atoms with Crippen molar-refractivity contribution in [1.82, 2.24) is 9.97 Å². The molecule has 1 aliphatic heterocycles. The van der Waals surface area contributed by atoms with Crippen LogP contribution in [-0.2, 0) is 14.6 Å². The minimum atomic E-state index is -3.01. The second-order valence-corrected chi connectivity index (χ2v) is 13.2. The van der Waals surface area contributed by atoms with Gasteiger partial charge in [-0.05, 0) is 30.2 Å². The van der Waals surface area contributed by atoms with Crippen LogP contribution in [0.5, 0.6) is 0 Å². The van der Waals surface area contributed by atoms with Gasteiger partial charge in [-0.25, -0.2) is 22.2 Å². The lowest BCUT2D eigenvalue weighted by molar-refractivity contribution is -0.147. The number of carboxylic acids is 1. The molecule has 1 saturated carbocycles. The summed E-state index contributed by atoms with van der Waals surface area (Å²) in [5.41, 5.74) is 2.53. The molecule has 2 fully saturated rings. The van der Waals surface area contributed by atoms with Gasteiger partial charge in [0.15, 0.2) is 9.84 Å². The van der Waals surface area contributed by atoms with Gasteiger partial charge in [0, 0.05) is 55.5 Å². The Balaban J connectivity index is 1.55. The number of sulfone groups is 1. The van der Waals surface area contributed by atoms with Crippen LogP contribution in [0.2, 0.25) is 5.02 Å². The molecule has 2 aliphatic rings. The third-order valence-electron chi connectivity index (χ3n) is 6.94. The quantitative estimate of drug-likeness (QED) is 0.443. The van der Waals surface area contributed by atoms with Gasteiger partial charge in [0.25, 0.3) is 0 Å². The van der Waals surface area contributed by atoms with Crippen molar-refractivity contribution in [2.45, 2.75) is 31.1 Å². The monoisotopic (exact) mass is 567 g/mol. The number of benzene rings is 1. The molecule has 5 rings (SSSR count). The SMILES string of the molecule is O=C(O)C1CCC(F)(F)CC1c1nc(-c2cncc(Cl)c2)sc1-c1ccc(N2CCS(=O)(=O)CC2)cc1. The largest absolute Gasteiger partial charge is 0.481 e. The van der Waals surface area contributed by atoms with E-state index in [1.165, 1.54) is 17.5 Å². The maximum atomic E-state index is 14.5. The van der Waals surface area contributed by atoms with Crippen molar-refractivity contribution in [2.75, 3.05) is 29.5 Å². The lowest BCUT2D eigenvalue weighted by atomic mass is 9.75. The first-order valence-electron chi connectivity index (χ1n) is 11.8. The summed E-state index contributed by atoms with van der Waals surface area (Å²) < 4.78 is 52.6. The van der Waals surface area contributed by atoms with Crippen LogP contribution >= 0.6 is 22.9 Å². The Morgan fingerprint density at radius 3 is 2.49 bits per heavy atom. The van der Waals surface area contributed by atoms with E-state index in [0.29, 0.717) is 39.3 Å². The minimum absolute atomic E-state index is 0.0945. The number of pyridine rings is 1. The summed E-state index contributed by atoms with van der Waals surface area (Å²) in [5.74, 6) is -5.83. The molecule has 2 unspecified atom stereocenters. The molecule has 7 nitrogen and oxygen atoms in total. The van der Waals surface area contributed by atoms with E-state index in [0.717, 1.165) is 11.3 Å². The standard InChI is InChI=1S/C25H24ClF2N3O4S2/c26-17-11-16(13-29-14-17)23-30-21(20-12-25(27,28)6-5-19(20)24(32)33)22(36-23)15-1-3-18(4-2-15)31-7-9-37(34,35)10-8-31/h1-4,11,13-14,19-20H,5-10,12H2,(H,32,33). The highest BCUT2D eigenvalue weighted by Crippen LogP contribution is 2.49.